The number of nitrogens with zero attached hydrogens (tertiary/aromatic N) is 3. The molecule has 2 aromatic heterocycles. The molecule has 1 unspecified atom stereocenters. The van der Waals surface area contributed by atoms with Crippen LogP contribution in [0.15, 0.2) is 24.4 Å². The van der Waals surface area contributed by atoms with Crippen LogP contribution in [0, 0.1) is 5.41 Å². The lowest BCUT2D eigenvalue weighted by molar-refractivity contribution is -0.0274. The van der Waals surface area contributed by atoms with Gasteiger partial charge in [0, 0.05) is 18.7 Å². The van der Waals surface area contributed by atoms with Crippen LogP contribution in [0.1, 0.15) is 71.2 Å². The Labute approximate surface area is 224 Å². The summed E-state index contributed by atoms with van der Waals surface area (Å²) in [7, 11) is -2.25. The molecule has 0 aliphatic heterocycles. The summed E-state index contributed by atoms with van der Waals surface area (Å²) in [5.41, 5.74) is -1.59. The van der Waals surface area contributed by atoms with Gasteiger partial charge in [0.1, 0.15) is 10.8 Å². The fraction of sp³-hybridized carbons (Fsp3) is 0.654. The Morgan fingerprint density at radius 1 is 1.16 bits per heavy atom. The van der Waals surface area contributed by atoms with E-state index in [9.17, 15) is 13.6 Å². The van der Waals surface area contributed by atoms with Gasteiger partial charge in [-0.1, -0.05) is 32.4 Å². The molecule has 1 fully saturated rings. The summed E-state index contributed by atoms with van der Waals surface area (Å²) >= 11 is 6.23. The van der Waals surface area contributed by atoms with Crippen LogP contribution in [-0.2, 0) is 9.16 Å². The molecule has 1 aliphatic carbocycles. The number of hydrogen-bond acceptors (Lipinski definition) is 6. The summed E-state index contributed by atoms with van der Waals surface area (Å²) in [5.74, 6) is 0.149. The third-order valence-electron chi connectivity index (χ3n) is 7.03. The van der Waals surface area contributed by atoms with Gasteiger partial charge < -0.3 is 13.9 Å². The van der Waals surface area contributed by atoms with Crippen LogP contribution in [0.3, 0.4) is 0 Å². The lowest BCUT2D eigenvalue weighted by Crippen LogP contribution is -2.48. The molecule has 206 valence electrons. The minimum absolute atomic E-state index is 0.00271. The van der Waals surface area contributed by atoms with Gasteiger partial charge in [-0.05, 0) is 63.9 Å². The van der Waals surface area contributed by atoms with Crippen LogP contribution < -0.4 is 4.74 Å². The molecule has 3 rings (SSSR count). The first-order valence-corrected chi connectivity index (χ1v) is 15.8. The Morgan fingerprint density at radius 3 is 2.32 bits per heavy atom. The summed E-state index contributed by atoms with van der Waals surface area (Å²) in [6.45, 7) is 16.0. The number of esters is 1. The number of carbonyl (C=O) groups excluding carboxylic acids is 1. The summed E-state index contributed by atoms with van der Waals surface area (Å²) in [4.78, 5) is 16.6. The van der Waals surface area contributed by atoms with Gasteiger partial charge >= 0.3 is 5.97 Å². The maximum atomic E-state index is 14.0. The quantitative estimate of drug-likeness (QED) is 0.176. The molecule has 0 bridgehead atoms. The second-order valence-electron chi connectivity index (χ2n) is 12.1. The third-order valence-corrected chi connectivity index (χ3v) is 11.8. The van der Waals surface area contributed by atoms with Crippen molar-refractivity contribution in [1.29, 1.82) is 0 Å². The highest BCUT2D eigenvalue weighted by Gasteiger charge is 2.58. The molecular formula is C26H38ClF2N3O4Si. The number of aromatic nitrogens is 3. The highest BCUT2D eigenvalue weighted by atomic mass is 35.5. The van der Waals surface area contributed by atoms with Gasteiger partial charge in [-0.15, -0.1) is 5.10 Å². The average molecular weight is 558 g/mol. The second kappa shape index (κ2) is 10.6. The highest BCUT2D eigenvalue weighted by molar-refractivity contribution is 6.74. The first kappa shape index (κ1) is 29.5. The van der Waals surface area contributed by atoms with E-state index in [0.29, 0.717) is 31.0 Å². The Bertz CT molecular complexity index is 1110. The molecule has 0 saturated heterocycles. The van der Waals surface area contributed by atoms with Gasteiger partial charge in [-0.3, -0.25) is 0 Å². The molecule has 0 N–H and O–H groups in total. The molecule has 37 heavy (non-hydrogen) atoms. The maximum Gasteiger partial charge on any atom is 0.341 e. The van der Waals surface area contributed by atoms with Gasteiger partial charge in [0.25, 0.3) is 0 Å². The van der Waals surface area contributed by atoms with E-state index in [1.165, 1.54) is 10.7 Å². The number of alkyl halides is 2. The van der Waals surface area contributed by atoms with Crippen molar-refractivity contribution in [3.05, 3.63) is 35.1 Å². The fourth-order valence-corrected chi connectivity index (χ4v) is 5.29. The normalized spacial score (nSPS) is 16.5. The number of pyridine rings is 1. The van der Waals surface area contributed by atoms with E-state index in [0.717, 1.165) is 0 Å². The molecule has 0 spiro atoms. The van der Waals surface area contributed by atoms with Crippen molar-refractivity contribution in [1.82, 2.24) is 14.8 Å². The number of hydrogen-bond donors (Lipinski definition) is 0. The maximum absolute atomic E-state index is 14.0. The largest absolute Gasteiger partial charge is 0.476 e. The minimum Gasteiger partial charge on any atom is -0.476 e. The number of carbonyl (C=O) groups is 1. The van der Waals surface area contributed by atoms with Crippen molar-refractivity contribution in [2.45, 2.75) is 97.1 Å². The van der Waals surface area contributed by atoms with Crippen LogP contribution in [-0.4, -0.2) is 53.8 Å². The van der Waals surface area contributed by atoms with Crippen molar-refractivity contribution in [2.75, 3.05) is 6.61 Å². The second-order valence-corrected chi connectivity index (χ2v) is 17.3. The fourth-order valence-electron chi connectivity index (χ4n) is 3.64. The third kappa shape index (κ3) is 7.09. The van der Waals surface area contributed by atoms with Crippen LogP contribution >= 0.6 is 11.6 Å². The van der Waals surface area contributed by atoms with E-state index in [-0.39, 0.29) is 22.4 Å². The predicted octanol–water partition coefficient (Wildman–Crippen LogP) is 7.08. The van der Waals surface area contributed by atoms with Crippen LogP contribution in [0.4, 0.5) is 8.78 Å². The van der Waals surface area contributed by atoms with Gasteiger partial charge in [-0.2, -0.15) is 0 Å². The molecule has 0 radical (unpaired) electrons. The molecule has 2 heterocycles. The zero-order valence-electron chi connectivity index (χ0n) is 22.9. The molecule has 1 aliphatic rings. The zero-order chi connectivity index (χ0) is 27.8. The van der Waals surface area contributed by atoms with Crippen LogP contribution in [0.2, 0.25) is 23.3 Å². The summed E-state index contributed by atoms with van der Waals surface area (Å²) in [6.07, 6.45) is -0.0866. The Hall–Kier alpha value is -2.04. The number of halogens is 3. The monoisotopic (exact) mass is 557 g/mol. The van der Waals surface area contributed by atoms with E-state index in [2.05, 4.69) is 43.9 Å². The molecule has 2 aromatic rings. The van der Waals surface area contributed by atoms with Crippen molar-refractivity contribution in [3.63, 3.8) is 0 Å². The van der Waals surface area contributed by atoms with Crippen molar-refractivity contribution >= 4 is 25.9 Å². The van der Waals surface area contributed by atoms with E-state index in [1.807, 2.05) is 0 Å². The van der Waals surface area contributed by atoms with Crippen LogP contribution in [0.5, 0.6) is 5.88 Å². The Kier molecular flexibility index (Phi) is 8.46. The SMILES string of the molecule is CC(C)(C)OC(=O)c1ccc(-n2ccc(OCCC(O[Si](C)(C)C(C)(C)C)C3(C(F)F)CC3)n2)nc1Cl. The molecule has 1 saturated carbocycles. The van der Waals surface area contributed by atoms with Gasteiger partial charge in [0.15, 0.2) is 14.1 Å². The minimum atomic E-state index is -2.43. The first-order chi connectivity index (χ1) is 16.9. The average Bonchev–Trinajstić information content (AvgIpc) is 3.43. The molecule has 0 aromatic carbocycles. The van der Waals surface area contributed by atoms with E-state index < -0.39 is 37.8 Å². The molecule has 7 nitrogen and oxygen atoms in total. The summed E-state index contributed by atoms with van der Waals surface area (Å²) in [5, 5.41) is 4.27. The van der Waals surface area contributed by atoms with Gasteiger partial charge in [0.2, 0.25) is 12.3 Å². The Balaban J connectivity index is 1.66. The summed E-state index contributed by atoms with van der Waals surface area (Å²) < 4.78 is 47.0. The molecule has 1 atom stereocenters. The standard InChI is InChI=1S/C26H38ClF2N3O4Si/c1-24(2,3)35-22(33)17-9-10-19(30-21(17)27)32-15-11-20(31-32)34-16-12-18(26(13-14-26)23(28)29)36-37(7,8)25(4,5)6/h9-11,15,18,23H,12-14,16H2,1-8H3. The van der Waals surface area contributed by atoms with E-state index >= 15 is 0 Å². The predicted molar refractivity (Wildman–Crippen MR) is 141 cm³/mol. The lowest BCUT2D eigenvalue weighted by Gasteiger charge is -2.41. The smallest absolute Gasteiger partial charge is 0.341 e. The van der Waals surface area contributed by atoms with Gasteiger partial charge in [-0.25, -0.2) is 23.2 Å². The molecule has 11 heteroatoms. The lowest BCUT2D eigenvalue weighted by atomic mass is 9.97. The van der Waals surface area contributed by atoms with E-state index in [4.69, 9.17) is 25.5 Å². The van der Waals surface area contributed by atoms with E-state index in [1.54, 1.807) is 39.1 Å². The van der Waals surface area contributed by atoms with Crippen molar-refractivity contribution < 1.29 is 27.5 Å². The van der Waals surface area contributed by atoms with Crippen molar-refractivity contribution in [3.8, 4) is 11.7 Å². The van der Waals surface area contributed by atoms with Crippen LogP contribution in [0.25, 0.3) is 5.82 Å². The molecule has 0 amide bonds. The number of rotatable bonds is 10. The highest BCUT2D eigenvalue weighted by Crippen LogP contribution is 2.56. The Morgan fingerprint density at radius 2 is 1.81 bits per heavy atom. The topological polar surface area (TPSA) is 75.5 Å². The van der Waals surface area contributed by atoms with Crippen molar-refractivity contribution in [2.24, 2.45) is 5.41 Å². The number of ether oxygens (including phenoxy) is 2. The molecular weight excluding hydrogens is 520 g/mol. The summed E-state index contributed by atoms with van der Waals surface area (Å²) in [6, 6.07) is 4.79. The zero-order valence-corrected chi connectivity index (χ0v) is 24.7. The van der Waals surface area contributed by atoms with Gasteiger partial charge in [0.05, 0.1) is 23.7 Å². The first-order valence-electron chi connectivity index (χ1n) is 12.5.